The lowest BCUT2D eigenvalue weighted by Crippen LogP contribution is -2.45. The van der Waals surface area contributed by atoms with Gasteiger partial charge >= 0.3 is 0 Å². The van der Waals surface area contributed by atoms with E-state index in [-0.39, 0.29) is 24.8 Å². The Bertz CT molecular complexity index is 460. The van der Waals surface area contributed by atoms with Crippen molar-refractivity contribution in [2.45, 2.75) is 26.3 Å². The lowest BCUT2D eigenvalue weighted by Gasteiger charge is -2.36. The highest BCUT2D eigenvalue weighted by molar-refractivity contribution is 6.31. The van der Waals surface area contributed by atoms with Gasteiger partial charge in [-0.05, 0) is 30.0 Å². The molecule has 1 fully saturated rings. The average Bonchev–Trinajstić information content (AvgIpc) is 2.45. The van der Waals surface area contributed by atoms with Gasteiger partial charge in [0.1, 0.15) is 0 Å². The minimum Gasteiger partial charge on any atom is -0.378 e. The van der Waals surface area contributed by atoms with Crippen LogP contribution in [0.15, 0.2) is 18.2 Å². The van der Waals surface area contributed by atoms with E-state index < -0.39 is 0 Å². The minimum atomic E-state index is 0. The highest BCUT2D eigenvalue weighted by atomic mass is 35.5. The maximum atomic E-state index is 6.60. The summed E-state index contributed by atoms with van der Waals surface area (Å²) in [5, 5.41) is 4.33. The normalized spacial score (nSPS) is 16.4. The third-order valence-corrected chi connectivity index (χ3v) is 4.47. The molecule has 0 unspecified atom stereocenters. The Morgan fingerprint density at radius 1 is 1.17 bits per heavy atom. The third-order valence-electron chi connectivity index (χ3n) is 4.15. The molecule has 6 heteroatoms. The van der Waals surface area contributed by atoms with Crippen molar-refractivity contribution >= 4 is 42.1 Å². The predicted octanol–water partition coefficient (Wildman–Crippen LogP) is 4.24. The molecule has 3 nitrogen and oxygen atoms in total. The van der Waals surface area contributed by atoms with Crippen LogP contribution in [0.3, 0.4) is 0 Å². The molecule has 0 amide bonds. The first-order valence-corrected chi connectivity index (χ1v) is 8.28. The highest BCUT2D eigenvalue weighted by Gasteiger charge is 2.25. The van der Waals surface area contributed by atoms with Crippen molar-refractivity contribution in [3.63, 3.8) is 0 Å². The summed E-state index contributed by atoms with van der Waals surface area (Å²) in [6.07, 6.45) is 1.15. The van der Waals surface area contributed by atoms with E-state index in [9.17, 15) is 0 Å². The molecule has 0 spiro atoms. The van der Waals surface area contributed by atoms with Gasteiger partial charge in [-0.2, -0.15) is 0 Å². The number of halogens is 3. The molecule has 1 atom stereocenters. The first-order chi connectivity index (χ1) is 9.99. The summed E-state index contributed by atoms with van der Waals surface area (Å²) in [5.41, 5.74) is 2.44. The van der Waals surface area contributed by atoms with E-state index in [1.807, 2.05) is 14.1 Å². The minimum absolute atomic E-state index is 0. The summed E-state index contributed by atoms with van der Waals surface area (Å²) in [4.78, 5) is 4.67. The molecule has 1 saturated heterocycles. The van der Waals surface area contributed by atoms with Crippen LogP contribution in [0.25, 0.3) is 0 Å². The molecule has 1 aliphatic heterocycles. The summed E-state index contributed by atoms with van der Waals surface area (Å²) in [6, 6.07) is 6.91. The van der Waals surface area contributed by atoms with Crippen LogP contribution in [0.5, 0.6) is 0 Å². The molecule has 1 aromatic rings. The van der Waals surface area contributed by atoms with Crippen molar-refractivity contribution in [2.75, 3.05) is 45.2 Å². The van der Waals surface area contributed by atoms with Crippen molar-refractivity contribution in [1.82, 2.24) is 10.2 Å². The van der Waals surface area contributed by atoms with Crippen LogP contribution >= 0.6 is 36.4 Å². The molecule has 1 aliphatic rings. The number of nitrogens with one attached hydrogen (secondary N) is 1. The summed E-state index contributed by atoms with van der Waals surface area (Å²) in [6.45, 7) is 8.92. The van der Waals surface area contributed by atoms with Gasteiger partial charge in [0, 0.05) is 57.0 Å². The zero-order valence-electron chi connectivity index (χ0n) is 14.5. The summed E-state index contributed by atoms with van der Waals surface area (Å²) in [5.74, 6) is 0.662. The molecular weight excluding hydrogens is 353 g/mol. The van der Waals surface area contributed by atoms with Gasteiger partial charge in [0.25, 0.3) is 0 Å². The summed E-state index contributed by atoms with van der Waals surface area (Å²) < 4.78 is 0. The lowest BCUT2D eigenvalue weighted by molar-refractivity contribution is 0.154. The second kappa shape index (κ2) is 10.6. The van der Waals surface area contributed by atoms with E-state index in [0.717, 1.165) is 43.3 Å². The van der Waals surface area contributed by atoms with Crippen molar-refractivity contribution < 1.29 is 0 Å². The fraction of sp³-hybridized carbons (Fsp3) is 0.647. The second-order valence-corrected chi connectivity index (χ2v) is 6.94. The van der Waals surface area contributed by atoms with Gasteiger partial charge in [-0.1, -0.05) is 31.5 Å². The Hall–Kier alpha value is -0.190. The fourth-order valence-corrected chi connectivity index (χ4v) is 3.28. The Morgan fingerprint density at radius 2 is 1.78 bits per heavy atom. The molecule has 1 heterocycles. The topological polar surface area (TPSA) is 18.5 Å². The van der Waals surface area contributed by atoms with Gasteiger partial charge in [-0.25, -0.2) is 0 Å². The average molecular weight is 383 g/mol. The molecule has 23 heavy (non-hydrogen) atoms. The van der Waals surface area contributed by atoms with Crippen molar-refractivity contribution in [1.29, 1.82) is 0 Å². The number of anilines is 1. The molecule has 0 radical (unpaired) electrons. The third kappa shape index (κ3) is 6.32. The number of hydrogen-bond donors (Lipinski definition) is 1. The van der Waals surface area contributed by atoms with E-state index in [4.69, 9.17) is 11.6 Å². The van der Waals surface area contributed by atoms with Gasteiger partial charge < -0.3 is 10.2 Å². The highest BCUT2D eigenvalue weighted by Crippen LogP contribution is 2.34. The number of benzene rings is 1. The van der Waals surface area contributed by atoms with E-state index in [0.29, 0.717) is 12.0 Å². The first kappa shape index (κ1) is 22.8. The molecule has 0 saturated carbocycles. The molecular formula is C17H30Cl3N3. The maximum Gasteiger partial charge on any atom is 0.0474 e. The number of rotatable bonds is 5. The van der Waals surface area contributed by atoms with Crippen LogP contribution in [-0.4, -0.2) is 45.2 Å². The van der Waals surface area contributed by atoms with E-state index in [1.165, 1.54) is 5.56 Å². The monoisotopic (exact) mass is 381 g/mol. The molecule has 0 bridgehead atoms. The van der Waals surface area contributed by atoms with Crippen LogP contribution < -0.4 is 10.2 Å². The van der Waals surface area contributed by atoms with Gasteiger partial charge in [-0.15, -0.1) is 24.8 Å². The fourth-order valence-electron chi connectivity index (χ4n) is 2.98. The SMILES string of the molecule is CC(C)C[C@@H](c1ccc(N(C)C)cc1Cl)N1CCNCC1.Cl.Cl. The molecule has 134 valence electrons. The zero-order chi connectivity index (χ0) is 15.4. The van der Waals surface area contributed by atoms with Crippen molar-refractivity contribution in [3.8, 4) is 0 Å². The van der Waals surface area contributed by atoms with E-state index >= 15 is 0 Å². The lowest BCUT2D eigenvalue weighted by atomic mass is 9.94. The van der Waals surface area contributed by atoms with Crippen molar-refractivity contribution in [3.05, 3.63) is 28.8 Å². The van der Waals surface area contributed by atoms with Gasteiger partial charge in [0.05, 0.1) is 0 Å². The second-order valence-electron chi connectivity index (χ2n) is 6.53. The quantitative estimate of drug-likeness (QED) is 0.821. The number of hydrogen-bond acceptors (Lipinski definition) is 3. The Kier molecular flexibility index (Phi) is 10.5. The first-order valence-electron chi connectivity index (χ1n) is 7.90. The number of nitrogens with zero attached hydrogens (tertiary/aromatic N) is 2. The summed E-state index contributed by atoms with van der Waals surface area (Å²) in [7, 11) is 4.10. The molecule has 0 aliphatic carbocycles. The van der Waals surface area contributed by atoms with Gasteiger partial charge in [0.15, 0.2) is 0 Å². The Labute approximate surface area is 158 Å². The molecule has 2 rings (SSSR count). The van der Waals surface area contributed by atoms with Gasteiger partial charge in [-0.3, -0.25) is 4.90 Å². The smallest absolute Gasteiger partial charge is 0.0474 e. The molecule has 1 N–H and O–H groups in total. The molecule has 1 aromatic carbocycles. The Morgan fingerprint density at radius 3 is 2.26 bits per heavy atom. The van der Waals surface area contributed by atoms with Crippen LogP contribution in [0.4, 0.5) is 5.69 Å². The molecule has 0 aromatic heterocycles. The standard InChI is InChI=1S/C17H28ClN3.2ClH/c1-13(2)11-17(21-9-7-19-8-10-21)15-6-5-14(20(3)4)12-16(15)18;;/h5-6,12-13,17,19H,7-11H2,1-4H3;2*1H/t17-;;/m0../s1. The Balaban J connectivity index is 0.00000242. The van der Waals surface area contributed by atoms with Crippen LogP contribution in [0.2, 0.25) is 5.02 Å². The van der Waals surface area contributed by atoms with E-state index in [2.05, 4.69) is 47.2 Å². The van der Waals surface area contributed by atoms with Gasteiger partial charge in [0.2, 0.25) is 0 Å². The van der Waals surface area contributed by atoms with E-state index in [1.54, 1.807) is 0 Å². The summed E-state index contributed by atoms with van der Waals surface area (Å²) >= 11 is 6.60. The van der Waals surface area contributed by atoms with Crippen molar-refractivity contribution in [2.24, 2.45) is 5.92 Å². The van der Waals surface area contributed by atoms with Crippen LogP contribution in [0.1, 0.15) is 31.9 Å². The maximum absolute atomic E-state index is 6.60. The predicted molar refractivity (Wildman–Crippen MR) is 107 cm³/mol. The van der Waals surface area contributed by atoms with Crippen LogP contribution in [0, 0.1) is 5.92 Å². The zero-order valence-corrected chi connectivity index (χ0v) is 16.9. The largest absolute Gasteiger partial charge is 0.378 e. The number of piperazine rings is 1. The van der Waals surface area contributed by atoms with Crippen LogP contribution in [-0.2, 0) is 0 Å².